The number of hydrogen-bond acceptors (Lipinski definition) is 4. The smallest absolute Gasteiger partial charge is 0.387 e. The highest BCUT2D eigenvalue weighted by Crippen LogP contribution is 2.33. The Morgan fingerprint density at radius 3 is 2.11 bits per heavy atom. The summed E-state index contributed by atoms with van der Waals surface area (Å²) in [6.45, 7) is -6.72. The Morgan fingerprint density at radius 2 is 1.58 bits per heavy atom. The van der Waals surface area contributed by atoms with Gasteiger partial charge in [-0.1, -0.05) is 6.07 Å². The van der Waals surface area contributed by atoms with Crippen molar-refractivity contribution < 1.29 is 37.2 Å². The van der Waals surface area contributed by atoms with Gasteiger partial charge in [0.25, 0.3) is 0 Å². The zero-order chi connectivity index (χ0) is 14.4. The lowest BCUT2D eigenvalue weighted by molar-refractivity contribution is -0.0693. The van der Waals surface area contributed by atoms with Crippen molar-refractivity contribution in [2.24, 2.45) is 0 Å². The topological polar surface area (TPSA) is 58.9 Å². The maximum Gasteiger partial charge on any atom is 0.387 e. The Kier molecular flexibility index (Phi) is 5.84. The SMILES string of the molecule is OCCC(O)c1ccc(OC(F)F)c(OC(F)F)c1. The monoisotopic (exact) mass is 284 g/mol. The number of benzene rings is 1. The van der Waals surface area contributed by atoms with Crippen molar-refractivity contribution >= 4 is 0 Å². The van der Waals surface area contributed by atoms with E-state index in [4.69, 9.17) is 5.11 Å². The maximum atomic E-state index is 12.2. The van der Waals surface area contributed by atoms with Crippen LogP contribution in [0.25, 0.3) is 0 Å². The van der Waals surface area contributed by atoms with E-state index in [-0.39, 0.29) is 18.6 Å². The van der Waals surface area contributed by atoms with E-state index in [2.05, 4.69) is 9.47 Å². The van der Waals surface area contributed by atoms with Crippen molar-refractivity contribution in [3.05, 3.63) is 23.8 Å². The number of aliphatic hydroxyl groups excluding tert-OH is 2. The van der Waals surface area contributed by atoms with Gasteiger partial charge in [-0.2, -0.15) is 17.6 Å². The molecule has 1 atom stereocenters. The van der Waals surface area contributed by atoms with Gasteiger partial charge in [0.15, 0.2) is 11.5 Å². The average Bonchev–Trinajstić information content (AvgIpc) is 2.30. The van der Waals surface area contributed by atoms with Gasteiger partial charge in [0.1, 0.15) is 0 Å². The van der Waals surface area contributed by atoms with Gasteiger partial charge >= 0.3 is 13.2 Å². The highest BCUT2D eigenvalue weighted by atomic mass is 19.3. The Balaban J connectivity index is 3.00. The van der Waals surface area contributed by atoms with Crippen LogP contribution < -0.4 is 9.47 Å². The van der Waals surface area contributed by atoms with Gasteiger partial charge in [-0.15, -0.1) is 0 Å². The molecule has 19 heavy (non-hydrogen) atoms. The Bertz CT molecular complexity index is 400. The van der Waals surface area contributed by atoms with E-state index in [1.165, 1.54) is 6.07 Å². The van der Waals surface area contributed by atoms with Gasteiger partial charge in [0.05, 0.1) is 6.10 Å². The molecule has 0 aromatic heterocycles. The fraction of sp³-hybridized carbons (Fsp3) is 0.455. The van der Waals surface area contributed by atoms with Crippen LogP contribution in [0.5, 0.6) is 11.5 Å². The average molecular weight is 284 g/mol. The van der Waals surface area contributed by atoms with Gasteiger partial charge in [-0.25, -0.2) is 0 Å². The first-order chi connectivity index (χ1) is 8.93. The maximum absolute atomic E-state index is 12.2. The Hall–Kier alpha value is -1.54. The molecule has 2 N–H and O–H groups in total. The summed E-state index contributed by atoms with van der Waals surface area (Å²) in [7, 11) is 0. The zero-order valence-electron chi connectivity index (χ0n) is 9.60. The van der Waals surface area contributed by atoms with Gasteiger partial charge in [-0.05, 0) is 17.7 Å². The van der Waals surface area contributed by atoms with Crippen LogP contribution in [0, 0.1) is 0 Å². The van der Waals surface area contributed by atoms with E-state index in [9.17, 15) is 22.7 Å². The summed E-state index contributed by atoms with van der Waals surface area (Å²) in [6, 6.07) is 3.17. The molecule has 0 amide bonds. The first-order valence-corrected chi connectivity index (χ1v) is 5.26. The van der Waals surface area contributed by atoms with Gasteiger partial charge in [0, 0.05) is 13.0 Å². The van der Waals surface area contributed by atoms with Crippen molar-refractivity contribution in [1.29, 1.82) is 0 Å². The number of rotatable bonds is 7. The summed E-state index contributed by atoms with van der Waals surface area (Å²) in [5.41, 5.74) is 0.145. The molecular formula is C11H12F4O4. The van der Waals surface area contributed by atoms with Crippen molar-refractivity contribution in [3.8, 4) is 11.5 Å². The normalized spacial score (nSPS) is 12.8. The second-order valence-corrected chi connectivity index (χ2v) is 3.49. The third-order valence-corrected chi connectivity index (χ3v) is 2.19. The summed E-state index contributed by atoms with van der Waals surface area (Å²) in [5.74, 6) is -1.17. The first kappa shape index (κ1) is 15.5. The molecule has 0 aliphatic heterocycles. The van der Waals surface area contributed by atoms with Gasteiger partial charge in [-0.3, -0.25) is 0 Å². The molecule has 108 valence electrons. The number of ether oxygens (including phenoxy) is 2. The lowest BCUT2D eigenvalue weighted by Crippen LogP contribution is -2.09. The van der Waals surface area contributed by atoms with Crippen LogP contribution in [0.1, 0.15) is 18.1 Å². The zero-order valence-corrected chi connectivity index (χ0v) is 9.60. The van der Waals surface area contributed by atoms with E-state index in [0.717, 1.165) is 12.1 Å². The quantitative estimate of drug-likeness (QED) is 0.754. The van der Waals surface area contributed by atoms with E-state index < -0.39 is 30.8 Å². The van der Waals surface area contributed by atoms with Crippen LogP contribution in [0.15, 0.2) is 18.2 Å². The number of aliphatic hydroxyl groups is 2. The minimum atomic E-state index is -3.22. The lowest BCUT2D eigenvalue weighted by Gasteiger charge is -2.15. The molecule has 0 aliphatic carbocycles. The van der Waals surface area contributed by atoms with Crippen LogP contribution >= 0.6 is 0 Å². The number of hydrogen-bond donors (Lipinski definition) is 2. The minimum absolute atomic E-state index is 0.0246. The van der Waals surface area contributed by atoms with Crippen LogP contribution in [0.2, 0.25) is 0 Å². The van der Waals surface area contributed by atoms with Crippen LogP contribution in [0.4, 0.5) is 17.6 Å². The van der Waals surface area contributed by atoms with E-state index in [1.807, 2.05) is 0 Å². The predicted molar refractivity (Wildman–Crippen MR) is 56.4 cm³/mol. The summed E-state index contributed by atoms with van der Waals surface area (Å²) in [5, 5.41) is 18.2. The standard InChI is InChI=1S/C11H12F4O4/c12-10(13)18-8-2-1-6(7(17)3-4-16)5-9(8)19-11(14)15/h1-2,5,7,10-11,16-17H,3-4H2. The van der Waals surface area contributed by atoms with Crippen molar-refractivity contribution in [3.63, 3.8) is 0 Å². The molecule has 0 spiro atoms. The van der Waals surface area contributed by atoms with Gasteiger partial charge in [0.2, 0.25) is 0 Å². The minimum Gasteiger partial charge on any atom is -0.431 e. The van der Waals surface area contributed by atoms with Crippen molar-refractivity contribution in [1.82, 2.24) is 0 Å². The molecule has 0 bridgehead atoms. The number of alkyl halides is 4. The largest absolute Gasteiger partial charge is 0.431 e. The fourth-order valence-electron chi connectivity index (χ4n) is 1.40. The van der Waals surface area contributed by atoms with E-state index in [0.29, 0.717) is 0 Å². The third-order valence-electron chi connectivity index (χ3n) is 2.19. The predicted octanol–water partition coefficient (Wildman–Crippen LogP) is 2.31. The highest BCUT2D eigenvalue weighted by Gasteiger charge is 2.17. The van der Waals surface area contributed by atoms with E-state index >= 15 is 0 Å². The fourth-order valence-corrected chi connectivity index (χ4v) is 1.40. The molecule has 8 heteroatoms. The van der Waals surface area contributed by atoms with Crippen molar-refractivity contribution in [2.45, 2.75) is 25.7 Å². The molecule has 1 unspecified atom stereocenters. The molecule has 4 nitrogen and oxygen atoms in total. The Morgan fingerprint density at radius 1 is 1.00 bits per heavy atom. The highest BCUT2D eigenvalue weighted by molar-refractivity contribution is 5.43. The summed E-state index contributed by atoms with van der Waals surface area (Å²) < 4.78 is 56.5. The summed E-state index contributed by atoms with van der Waals surface area (Å²) >= 11 is 0. The van der Waals surface area contributed by atoms with Gasteiger partial charge < -0.3 is 19.7 Å². The van der Waals surface area contributed by atoms with Crippen LogP contribution in [-0.2, 0) is 0 Å². The molecule has 0 saturated carbocycles. The summed E-state index contributed by atoms with van der Waals surface area (Å²) in [4.78, 5) is 0. The molecule has 0 fully saturated rings. The molecular weight excluding hydrogens is 272 g/mol. The molecule has 0 aliphatic rings. The number of halogens is 4. The molecule has 1 rings (SSSR count). The second kappa shape index (κ2) is 7.15. The second-order valence-electron chi connectivity index (χ2n) is 3.49. The molecule has 0 radical (unpaired) electrons. The van der Waals surface area contributed by atoms with Crippen LogP contribution in [-0.4, -0.2) is 30.0 Å². The lowest BCUT2D eigenvalue weighted by atomic mass is 10.1. The van der Waals surface area contributed by atoms with Crippen molar-refractivity contribution in [2.75, 3.05) is 6.61 Å². The van der Waals surface area contributed by atoms with Crippen LogP contribution in [0.3, 0.4) is 0 Å². The molecule has 0 heterocycles. The molecule has 1 aromatic carbocycles. The molecule has 0 saturated heterocycles. The summed E-state index contributed by atoms with van der Waals surface area (Å²) in [6.07, 6.45) is -1.14. The third kappa shape index (κ3) is 4.92. The van der Waals surface area contributed by atoms with E-state index in [1.54, 1.807) is 0 Å². The first-order valence-electron chi connectivity index (χ1n) is 5.26. The molecule has 1 aromatic rings. The Labute approximate surface area is 106 Å².